The van der Waals surface area contributed by atoms with Crippen LogP contribution in [-0.4, -0.2) is 81.4 Å². The molecule has 1 fully saturated rings. The molecule has 1 aliphatic heterocycles. The lowest BCUT2D eigenvalue weighted by atomic mass is 10.1. The van der Waals surface area contributed by atoms with Crippen LogP contribution in [0.25, 0.3) is 0 Å². The Labute approximate surface area is 156 Å². The van der Waals surface area contributed by atoms with Crippen molar-refractivity contribution in [2.75, 3.05) is 12.3 Å². The van der Waals surface area contributed by atoms with Crippen LogP contribution < -0.4 is 16.4 Å². The Balaban J connectivity index is 2.69. The van der Waals surface area contributed by atoms with Crippen molar-refractivity contribution in [3.8, 4) is 0 Å². The molecule has 0 aliphatic carbocycles. The van der Waals surface area contributed by atoms with E-state index in [2.05, 4.69) is 23.3 Å². The molecule has 6 N–H and O–H groups in total. The van der Waals surface area contributed by atoms with E-state index in [1.54, 1.807) is 0 Å². The Kier molecular flexibility index (Phi) is 8.31. The van der Waals surface area contributed by atoms with Crippen LogP contribution in [0.5, 0.6) is 0 Å². The van der Waals surface area contributed by atoms with Crippen molar-refractivity contribution in [1.82, 2.24) is 15.5 Å². The van der Waals surface area contributed by atoms with Crippen LogP contribution in [0.1, 0.15) is 26.7 Å². The molecule has 0 aromatic carbocycles. The molecule has 1 rings (SSSR count). The molecular formula is C15H26N4O6S. The maximum Gasteiger partial charge on any atom is 0.327 e. The summed E-state index contributed by atoms with van der Waals surface area (Å²) in [6.07, 6.45) is -0.0458. The number of likely N-dealkylation sites (tertiary alicyclic amines) is 1. The molecule has 0 saturated carbocycles. The number of aliphatic hydroxyl groups excluding tert-OH is 1. The van der Waals surface area contributed by atoms with Crippen LogP contribution in [0.4, 0.5) is 0 Å². The summed E-state index contributed by atoms with van der Waals surface area (Å²) in [5.41, 5.74) is 5.65. The molecule has 5 atom stereocenters. The standard InChI is InChI=1S/C15H26N4O6S/c1-7(12(21)18-9(6-26)15(24)25)17-13(22)10-4-3-5-19(10)14(23)11(16)8(2)20/h7-11,20,26H,3-6,16H2,1-2H3,(H,17,22)(H,18,21)(H,24,25). The van der Waals surface area contributed by atoms with Gasteiger partial charge in [-0.25, -0.2) is 4.79 Å². The van der Waals surface area contributed by atoms with E-state index in [1.165, 1.54) is 18.7 Å². The minimum absolute atomic E-state index is 0.0934. The van der Waals surface area contributed by atoms with Gasteiger partial charge in [-0.1, -0.05) is 0 Å². The zero-order valence-corrected chi connectivity index (χ0v) is 15.6. The van der Waals surface area contributed by atoms with Gasteiger partial charge in [0.1, 0.15) is 24.2 Å². The molecule has 1 heterocycles. The third kappa shape index (κ3) is 5.58. The fourth-order valence-corrected chi connectivity index (χ4v) is 2.81. The fourth-order valence-electron chi connectivity index (χ4n) is 2.56. The van der Waals surface area contributed by atoms with E-state index < -0.39 is 54.0 Å². The van der Waals surface area contributed by atoms with Gasteiger partial charge in [0.2, 0.25) is 17.7 Å². The average molecular weight is 390 g/mol. The van der Waals surface area contributed by atoms with Crippen molar-refractivity contribution >= 4 is 36.3 Å². The molecule has 0 aromatic rings. The Bertz CT molecular complexity index is 558. The van der Waals surface area contributed by atoms with E-state index in [0.717, 1.165) is 0 Å². The number of amides is 3. The predicted molar refractivity (Wildman–Crippen MR) is 95.4 cm³/mol. The van der Waals surface area contributed by atoms with Gasteiger partial charge in [0.25, 0.3) is 0 Å². The quantitative estimate of drug-likeness (QED) is 0.254. The molecule has 1 aliphatic rings. The normalized spacial score (nSPS) is 21.4. The van der Waals surface area contributed by atoms with Crippen LogP contribution in [-0.2, 0) is 19.2 Å². The van der Waals surface area contributed by atoms with E-state index in [9.17, 15) is 24.3 Å². The van der Waals surface area contributed by atoms with Gasteiger partial charge in [-0.3, -0.25) is 14.4 Å². The van der Waals surface area contributed by atoms with Crippen LogP contribution in [0.3, 0.4) is 0 Å². The van der Waals surface area contributed by atoms with Crippen molar-refractivity contribution in [2.45, 2.75) is 57.0 Å². The number of hydrogen-bond acceptors (Lipinski definition) is 7. The summed E-state index contributed by atoms with van der Waals surface area (Å²) in [5, 5.41) is 23.1. The van der Waals surface area contributed by atoms with Gasteiger partial charge in [0.05, 0.1) is 6.10 Å². The van der Waals surface area contributed by atoms with E-state index in [1.807, 2.05) is 0 Å². The Hall–Kier alpha value is -1.85. The number of rotatable bonds is 8. The molecular weight excluding hydrogens is 364 g/mol. The Morgan fingerprint density at radius 1 is 1.27 bits per heavy atom. The van der Waals surface area contributed by atoms with Crippen LogP contribution >= 0.6 is 12.6 Å². The number of nitrogens with zero attached hydrogens (tertiary/aromatic N) is 1. The number of aliphatic hydroxyl groups is 1. The number of carbonyl (C=O) groups excluding carboxylic acids is 3. The zero-order chi connectivity index (χ0) is 20.0. The van der Waals surface area contributed by atoms with Crippen LogP contribution in [0.2, 0.25) is 0 Å². The summed E-state index contributed by atoms with van der Waals surface area (Å²) in [6, 6.07) is -4.08. The van der Waals surface area contributed by atoms with E-state index in [0.29, 0.717) is 19.4 Å². The zero-order valence-electron chi connectivity index (χ0n) is 14.7. The molecule has 0 bridgehead atoms. The van der Waals surface area contributed by atoms with E-state index in [4.69, 9.17) is 10.8 Å². The smallest absolute Gasteiger partial charge is 0.327 e. The first-order valence-electron chi connectivity index (χ1n) is 8.28. The fraction of sp³-hybridized carbons (Fsp3) is 0.733. The SMILES string of the molecule is CC(NC(=O)C1CCCN1C(=O)C(N)C(C)O)C(=O)NC(CS)C(=O)O. The second-order valence-electron chi connectivity index (χ2n) is 6.27. The lowest BCUT2D eigenvalue weighted by molar-refractivity contribution is -0.143. The van der Waals surface area contributed by atoms with Gasteiger partial charge in [-0.2, -0.15) is 12.6 Å². The summed E-state index contributed by atoms with van der Waals surface area (Å²) in [5.74, 6) is -3.06. The predicted octanol–water partition coefficient (Wildman–Crippen LogP) is -2.31. The Morgan fingerprint density at radius 3 is 2.38 bits per heavy atom. The monoisotopic (exact) mass is 390 g/mol. The third-order valence-corrected chi connectivity index (χ3v) is 4.56. The molecule has 1 saturated heterocycles. The van der Waals surface area contributed by atoms with Gasteiger partial charge in [-0.05, 0) is 26.7 Å². The largest absolute Gasteiger partial charge is 0.480 e. The molecule has 0 spiro atoms. The highest BCUT2D eigenvalue weighted by Gasteiger charge is 2.38. The summed E-state index contributed by atoms with van der Waals surface area (Å²) in [7, 11) is 0. The summed E-state index contributed by atoms with van der Waals surface area (Å²) < 4.78 is 0. The van der Waals surface area contributed by atoms with E-state index >= 15 is 0 Å². The molecule has 0 radical (unpaired) electrons. The van der Waals surface area contributed by atoms with Crippen molar-refractivity contribution in [2.24, 2.45) is 5.73 Å². The Morgan fingerprint density at radius 2 is 1.88 bits per heavy atom. The first-order chi connectivity index (χ1) is 12.1. The van der Waals surface area contributed by atoms with Crippen molar-refractivity contribution < 1.29 is 29.4 Å². The van der Waals surface area contributed by atoms with Gasteiger partial charge in [0.15, 0.2) is 0 Å². The highest BCUT2D eigenvalue weighted by Crippen LogP contribution is 2.19. The highest BCUT2D eigenvalue weighted by molar-refractivity contribution is 7.80. The van der Waals surface area contributed by atoms with Crippen LogP contribution in [0, 0.1) is 0 Å². The lowest BCUT2D eigenvalue weighted by Gasteiger charge is -2.28. The summed E-state index contributed by atoms with van der Waals surface area (Å²) >= 11 is 3.85. The maximum atomic E-state index is 12.4. The average Bonchev–Trinajstić information content (AvgIpc) is 3.07. The number of carboxylic acids is 1. The second kappa shape index (κ2) is 9.74. The number of thiol groups is 1. The number of carboxylic acid groups (broad SMARTS) is 1. The second-order valence-corrected chi connectivity index (χ2v) is 6.63. The number of nitrogens with two attached hydrogens (primary N) is 1. The first-order valence-corrected chi connectivity index (χ1v) is 8.91. The van der Waals surface area contributed by atoms with Crippen molar-refractivity contribution in [3.63, 3.8) is 0 Å². The molecule has 5 unspecified atom stereocenters. The highest BCUT2D eigenvalue weighted by atomic mass is 32.1. The number of aliphatic carboxylic acids is 1. The molecule has 11 heteroatoms. The van der Waals surface area contributed by atoms with Gasteiger partial charge in [-0.15, -0.1) is 0 Å². The van der Waals surface area contributed by atoms with Crippen LogP contribution in [0.15, 0.2) is 0 Å². The van der Waals surface area contributed by atoms with Gasteiger partial charge in [0, 0.05) is 12.3 Å². The number of hydrogen-bond donors (Lipinski definition) is 6. The summed E-state index contributed by atoms with van der Waals surface area (Å²) in [4.78, 5) is 49.0. The maximum absolute atomic E-state index is 12.4. The topological polar surface area (TPSA) is 162 Å². The van der Waals surface area contributed by atoms with Gasteiger partial charge >= 0.3 is 5.97 Å². The molecule has 3 amide bonds. The molecule has 26 heavy (non-hydrogen) atoms. The summed E-state index contributed by atoms with van der Waals surface area (Å²) in [6.45, 7) is 3.13. The molecule has 10 nitrogen and oxygen atoms in total. The van der Waals surface area contributed by atoms with Crippen molar-refractivity contribution in [1.29, 1.82) is 0 Å². The lowest BCUT2D eigenvalue weighted by Crippen LogP contribution is -2.57. The third-order valence-electron chi connectivity index (χ3n) is 4.19. The minimum atomic E-state index is -1.23. The van der Waals surface area contributed by atoms with Crippen molar-refractivity contribution in [3.05, 3.63) is 0 Å². The number of carbonyl (C=O) groups is 4. The first kappa shape index (κ1) is 22.2. The molecule has 148 valence electrons. The van der Waals surface area contributed by atoms with Gasteiger partial charge < -0.3 is 31.5 Å². The minimum Gasteiger partial charge on any atom is -0.480 e. The van der Waals surface area contributed by atoms with E-state index in [-0.39, 0.29) is 5.75 Å². The number of nitrogens with one attached hydrogen (secondary N) is 2. The molecule has 0 aromatic heterocycles.